The number of amides is 1. The van der Waals surface area contributed by atoms with E-state index in [-0.39, 0.29) is 11.9 Å². The first-order valence-electron chi connectivity index (χ1n) is 6.82. The van der Waals surface area contributed by atoms with E-state index in [1.807, 2.05) is 6.92 Å². The molecule has 0 saturated heterocycles. The third kappa shape index (κ3) is 4.30. The molecule has 1 unspecified atom stereocenters. The largest absolute Gasteiger partial charge is 0.358 e. The van der Waals surface area contributed by atoms with Gasteiger partial charge in [-0.05, 0) is 43.9 Å². The summed E-state index contributed by atoms with van der Waals surface area (Å²) in [5, 5.41) is 6.12. The molecule has 0 aliphatic heterocycles. The number of likely N-dealkylation sites (N-methyl/N-ethyl adjacent to an activating group) is 1. The topological polar surface area (TPSA) is 41.1 Å². The number of carbonyl (C=O) groups is 1. The van der Waals surface area contributed by atoms with Crippen LogP contribution in [0.2, 0.25) is 0 Å². The third-order valence-corrected chi connectivity index (χ3v) is 4.08. The summed E-state index contributed by atoms with van der Waals surface area (Å²) in [5.74, 6) is 0.916. The van der Waals surface area contributed by atoms with Crippen LogP contribution in [-0.2, 0) is 4.79 Å². The van der Waals surface area contributed by atoms with Gasteiger partial charge in [0.2, 0.25) is 5.91 Å². The van der Waals surface area contributed by atoms with E-state index < -0.39 is 0 Å². The summed E-state index contributed by atoms with van der Waals surface area (Å²) >= 11 is 0. The van der Waals surface area contributed by atoms with Crippen molar-refractivity contribution >= 4 is 5.91 Å². The molecule has 0 heterocycles. The average Bonchev–Trinajstić information content (AvgIpc) is 2.27. The molecular formula is C14H28N2O. The fraction of sp³-hybridized carbons (Fsp3) is 0.929. The van der Waals surface area contributed by atoms with Gasteiger partial charge in [-0.15, -0.1) is 0 Å². The Morgan fingerprint density at radius 1 is 1.18 bits per heavy atom. The molecule has 3 heteroatoms. The highest BCUT2D eigenvalue weighted by atomic mass is 16.2. The predicted octanol–water partition coefficient (Wildman–Crippen LogP) is 2.32. The van der Waals surface area contributed by atoms with Crippen molar-refractivity contribution in [3.8, 4) is 0 Å². The second-order valence-corrected chi connectivity index (χ2v) is 6.42. The Balaban J connectivity index is 2.35. The van der Waals surface area contributed by atoms with Crippen LogP contribution in [0.3, 0.4) is 0 Å². The van der Waals surface area contributed by atoms with Crippen LogP contribution < -0.4 is 10.6 Å². The molecule has 17 heavy (non-hydrogen) atoms. The Bertz CT molecular complexity index is 249. The first-order valence-corrected chi connectivity index (χ1v) is 6.82. The van der Waals surface area contributed by atoms with E-state index in [2.05, 4.69) is 31.4 Å². The van der Waals surface area contributed by atoms with Crippen LogP contribution in [0.25, 0.3) is 0 Å². The van der Waals surface area contributed by atoms with Crippen LogP contribution in [0.1, 0.15) is 53.4 Å². The molecule has 2 N–H and O–H groups in total. The van der Waals surface area contributed by atoms with Crippen molar-refractivity contribution in [2.45, 2.75) is 65.5 Å². The molecule has 100 valence electrons. The monoisotopic (exact) mass is 240 g/mol. The van der Waals surface area contributed by atoms with Gasteiger partial charge in [-0.3, -0.25) is 4.79 Å². The molecule has 1 fully saturated rings. The first-order chi connectivity index (χ1) is 7.84. The van der Waals surface area contributed by atoms with Gasteiger partial charge in [0, 0.05) is 13.1 Å². The molecule has 0 bridgehead atoms. The van der Waals surface area contributed by atoms with E-state index in [9.17, 15) is 4.79 Å². The summed E-state index contributed by atoms with van der Waals surface area (Å²) < 4.78 is 0. The lowest BCUT2D eigenvalue weighted by atomic mass is 9.71. The lowest BCUT2D eigenvalue weighted by molar-refractivity contribution is -0.122. The van der Waals surface area contributed by atoms with E-state index in [0.29, 0.717) is 11.5 Å². The molecule has 0 aromatic rings. The number of carbonyl (C=O) groups excluding carboxylic acids is 1. The maximum Gasteiger partial charge on any atom is 0.236 e. The van der Waals surface area contributed by atoms with Crippen molar-refractivity contribution in [1.82, 2.24) is 10.6 Å². The van der Waals surface area contributed by atoms with Gasteiger partial charge in [0.05, 0.1) is 6.04 Å². The summed E-state index contributed by atoms with van der Waals surface area (Å²) in [6.07, 6.45) is 4.95. The van der Waals surface area contributed by atoms with E-state index in [4.69, 9.17) is 0 Å². The highest BCUT2D eigenvalue weighted by Crippen LogP contribution is 2.37. The molecule has 0 radical (unpaired) electrons. The minimum atomic E-state index is -0.0730. The Morgan fingerprint density at radius 3 is 2.12 bits per heavy atom. The maximum atomic E-state index is 11.4. The van der Waals surface area contributed by atoms with Gasteiger partial charge in [0.1, 0.15) is 0 Å². The Hall–Kier alpha value is -0.570. The van der Waals surface area contributed by atoms with Gasteiger partial charge in [-0.25, -0.2) is 0 Å². The van der Waals surface area contributed by atoms with Gasteiger partial charge < -0.3 is 10.6 Å². The molecule has 0 aromatic carbocycles. The zero-order valence-corrected chi connectivity index (χ0v) is 12.0. The summed E-state index contributed by atoms with van der Waals surface area (Å²) in [6.45, 7) is 8.93. The van der Waals surface area contributed by atoms with Crippen molar-refractivity contribution in [3.05, 3.63) is 0 Å². The van der Waals surface area contributed by atoms with Crippen molar-refractivity contribution in [2.24, 2.45) is 11.3 Å². The summed E-state index contributed by atoms with van der Waals surface area (Å²) in [7, 11) is 1.69. The van der Waals surface area contributed by atoms with Gasteiger partial charge in [-0.2, -0.15) is 0 Å². The number of hydrogen-bond acceptors (Lipinski definition) is 2. The van der Waals surface area contributed by atoms with Crippen LogP contribution in [-0.4, -0.2) is 25.0 Å². The Morgan fingerprint density at radius 2 is 1.71 bits per heavy atom. The molecule has 1 amide bonds. The Labute approximate surface area is 106 Å². The third-order valence-electron chi connectivity index (χ3n) is 4.08. The molecular weight excluding hydrogens is 212 g/mol. The molecule has 1 rings (SSSR count). The minimum absolute atomic E-state index is 0.0730. The van der Waals surface area contributed by atoms with E-state index in [1.165, 1.54) is 25.7 Å². The summed E-state index contributed by atoms with van der Waals surface area (Å²) in [4.78, 5) is 11.4. The molecule has 1 atom stereocenters. The quantitative estimate of drug-likeness (QED) is 0.795. The van der Waals surface area contributed by atoms with Gasteiger partial charge in [-0.1, -0.05) is 20.8 Å². The SMILES string of the molecule is CNC(=O)C(C)NC1CCC(C(C)(C)C)CC1. The molecule has 0 spiro atoms. The van der Waals surface area contributed by atoms with E-state index in [0.717, 1.165) is 5.92 Å². The zero-order chi connectivity index (χ0) is 13.1. The fourth-order valence-electron chi connectivity index (χ4n) is 2.77. The minimum Gasteiger partial charge on any atom is -0.358 e. The highest BCUT2D eigenvalue weighted by Gasteiger charge is 2.30. The van der Waals surface area contributed by atoms with Gasteiger partial charge in [0.15, 0.2) is 0 Å². The van der Waals surface area contributed by atoms with Crippen molar-refractivity contribution in [3.63, 3.8) is 0 Å². The second-order valence-electron chi connectivity index (χ2n) is 6.42. The summed E-state index contributed by atoms with van der Waals surface area (Å²) in [6, 6.07) is 0.442. The van der Waals surface area contributed by atoms with Gasteiger partial charge in [0.25, 0.3) is 0 Å². The van der Waals surface area contributed by atoms with Gasteiger partial charge >= 0.3 is 0 Å². The smallest absolute Gasteiger partial charge is 0.236 e. The normalized spacial score (nSPS) is 27.6. The molecule has 1 aliphatic rings. The maximum absolute atomic E-state index is 11.4. The molecule has 1 aliphatic carbocycles. The standard InChI is InChI=1S/C14H28N2O/c1-10(13(17)15-5)16-12-8-6-11(7-9-12)14(2,3)4/h10-12,16H,6-9H2,1-5H3,(H,15,17). The number of nitrogens with one attached hydrogen (secondary N) is 2. The number of rotatable bonds is 3. The summed E-state index contributed by atoms with van der Waals surface area (Å²) in [5.41, 5.74) is 0.428. The lowest BCUT2D eigenvalue weighted by Crippen LogP contribution is -2.47. The predicted molar refractivity (Wildman–Crippen MR) is 71.9 cm³/mol. The zero-order valence-electron chi connectivity index (χ0n) is 12.0. The molecule has 1 saturated carbocycles. The molecule has 0 aromatic heterocycles. The van der Waals surface area contributed by atoms with Crippen molar-refractivity contribution in [2.75, 3.05) is 7.05 Å². The first kappa shape index (κ1) is 14.5. The number of hydrogen-bond donors (Lipinski definition) is 2. The van der Waals surface area contributed by atoms with Crippen molar-refractivity contribution in [1.29, 1.82) is 0 Å². The van der Waals surface area contributed by atoms with E-state index in [1.54, 1.807) is 7.05 Å². The van der Waals surface area contributed by atoms with Crippen molar-refractivity contribution < 1.29 is 4.79 Å². The average molecular weight is 240 g/mol. The van der Waals surface area contributed by atoms with E-state index >= 15 is 0 Å². The second kappa shape index (κ2) is 5.85. The van der Waals surface area contributed by atoms with Crippen LogP contribution in [0.5, 0.6) is 0 Å². The van der Waals surface area contributed by atoms with Crippen LogP contribution in [0.15, 0.2) is 0 Å². The fourth-order valence-corrected chi connectivity index (χ4v) is 2.77. The van der Waals surface area contributed by atoms with Crippen LogP contribution >= 0.6 is 0 Å². The highest BCUT2D eigenvalue weighted by molar-refractivity contribution is 5.80. The van der Waals surface area contributed by atoms with Crippen LogP contribution in [0, 0.1) is 11.3 Å². The Kier molecular flexibility index (Phi) is 4.99. The lowest BCUT2D eigenvalue weighted by Gasteiger charge is -2.37. The molecule has 3 nitrogen and oxygen atoms in total. The van der Waals surface area contributed by atoms with Crippen LogP contribution in [0.4, 0.5) is 0 Å².